The molecule has 0 saturated carbocycles. The fourth-order valence-electron chi connectivity index (χ4n) is 2.23. The van der Waals surface area contributed by atoms with E-state index in [1.165, 1.54) is 12.3 Å². The number of aryl methyl sites for hydroxylation is 2. The summed E-state index contributed by atoms with van der Waals surface area (Å²) in [6, 6.07) is 12.5. The number of rotatable bonds is 5. The lowest BCUT2D eigenvalue weighted by Crippen LogP contribution is -2.24. The fraction of sp³-hybridized carbons (Fsp3) is 0.111. The van der Waals surface area contributed by atoms with Gasteiger partial charge in [-0.3, -0.25) is 15.5 Å². The SMILES string of the molecule is Cc1cccc(C)c1NC(=S)N/N=C/C=C/c1ccccc1[N+](=O)[O-]. The second-order valence-electron chi connectivity index (χ2n) is 5.29. The standard InChI is InChI=1S/C18H18N4O2S/c1-13-7-5-8-14(2)17(13)20-18(25)21-19-12-6-10-15-9-3-4-11-16(15)22(23)24/h3-12H,1-2H3,(H2,20,21,25)/b10-6+,19-12+. The molecule has 0 fully saturated rings. The van der Waals surface area contributed by atoms with Crippen molar-refractivity contribution in [3.05, 3.63) is 75.3 Å². The van der Waals surface area contributed by atoms with Gasteiger partial charge in [0.1, 0.15) is 0 Å². The van der Waals surface area contributed by atoms with Crippen LogP contribution in [-0.2, 0) is 0 Å². The van der Waals surface area contributed by atoms with Crippen molar-refractivity contribution < 1.29 is 4.92 Å². The molecular weight excluding hydrogens is 336 g/mol. The number of nitro benzene ring substituents is 1. The topological polar surface area (TPSA) is 79.6 Å². The van der Waals surface area contributed by atoms with Crippen molar-refractivity contribution in [1.29, 1.82) is 0 Å². The van der Waals surface area contributed by atoms with E-state index < -0.39 is 4.92 Å². The molecule has 0 aliphatic heterocycles. The zero-order valence-electron chi connectivity index (χ0n) is 13.9. The molecule has 2 rings (SSSR count). The number of benzene rings is 2. The van der Waals surface area contributed by atoms with E-state index in [-0.39, 0.29) is 5.69 Å². The minimum absolute atomic E-state index is 0.0484. The smallest absolute Gasteiger partial charge is 0.276 e. The number of hydrazone groups is 1. The number of allylic oxidation sites excluding steroid dienone is 1. The predicted molar refractivity (Wildman–Crippen MR) is 106 cm³/mol. The van der Waals surface area contributed by atoms with Crippen molar-refractivity contribution in [2.75, 3.05) is 5.32 Å². The third kappa shape index (κ3) is 5.22. The van der Waals surface area contributed by atoms with Crippen LogP contribution in [0.5, 0.6) is 0 Å². The van der Waals surface area contributed by atoms with Gasteiger partial charge >= 0.3 is 0 Å². The lowest BCUT2D eigenvalue weighted by molar-refractivity contribution is -0.385. The molecule has 25 heavy (non-hydrogen) atoms. The summed E-state index contributed by atoms with van der Waals surface area (Å²) in [6.07, 6.45) is 4.71. The van der Waals surface area contributed by atoms with Crippen LogP contribution in [0.25, 0.3) is 6.08 Å². The lowest BCUT2D eigenvalue weighted by Gasteiger charge is -2.12. The molecule has 0 saturated heterocycles. The first-order valence-electron chi connectivity index (χ1n) is 7.55. The van der Waals surface area contributed by atoms with Crippen LogP contribution in [0.1, 0.15) is 16.7 Å². The summed E-state index contributed by atoms with van der Waals surface area (Å²) in [5.41, 5.74) is 6.40. The number of nitrogens with zero attached hydrogens (tertiary/aromatic N) is 2. The summed E-state index contributed by atoms with van der Waals surface area (Å²) >= 11 is 5.20. The summed E-state index contributed by atoms with van der Waals surface area (Å²) < 4.78 is 0. The molecule has 0 unspecified atom stereocenters. The van der Waals surface area contributed by atoms with Crippen LogP contribution in [0.2, 0.25) is 0 Å². The third-order valence-corrected chi connectivity index (χ3v) is 3.65. The first kappa shape index (κ1) is 18.3. The number of anilines is 1. The van der Waals surface area contributed by atoms with E-state index >= 15 is 0 Å². The summed E-state index contributed by atoms with van der Waals surface area (Å²) in [6.45, 7) is 3.99. The van der Waals surface area contributed by atoms with E-state index in [0.29, 0.717) is 10.7 Å². The predicted octanol–water partition coefficient (Wildman–Crippen LogP) is 4.20. The largest absolute Gasteiger partial charge is 0.331 e. The normalized spacial score (nSPS) is 11.0. The van der Waals surface area contributed by atoms with Gasteiger partial charge in [0.2, 0.25) is 0 Å². The van der Waals surface area contributed by atoms with Gasteiger partial charge in [-0.2, -0.15) is 5.10 Å². The van der Waals surface area contributed by atoms with E-state index in [1.54, 1.807) is 30.4 Å². The van der Waals surface area contributed by atoms with Crippen LogP contribution in [0, 0.1) is 24.0 Å². The Bertz CT molecular complexity index is 826. The van der Waals surface area contributed by atoms with E-state index in [4.69, 9.17) is 12.2 Å². The number of hydrogen-bond donors (Lipinski definition) is 2. The summed E-state index contributed by atoms with van der Waals surface area (Å²) in [4.78, 5) is 10.5. The molecule has 2 aromatic carbocycles. The molecule has 2 N–H and O–H groups in total. The van der Waals surface area contributed by atoms with Crippen molar-refractivity contribution in [1.82, 2.24) is 5.43 Å². The molecule has 2 aromatic rings. The maximum atomic E-state index is 10.9. The molecule has 128 valence electrons. The zero-order chi connectivity index (χ0) is 18.2. The molecule has 7 heteroatoms. The molecule has 0 aliphatic rings. The minimum Gasteiger partial charge on any atom is -0.331 e. The Kier molecular flexibility index (Phi) is 6.36. The molecule has 0 bridgehead atoms. The zero-order valence-corrected chi connectivity index (χ0v) is 14.7. The van der Waals surface area contributed by atoms with Crippen molar-refractivity contribution in [3.63, 3.8) is 0 Å². The Morgan fingerprint density at radius 2 is 1.84 bits per heavy atom. The molecule has 0 amide bonds. The Labute approximate surface area is 151 Å². The molecule has 0 aliphatic carbocycles. The first-order chi connectivity index (χ1) is 12.0. The van der Waals surface area contributed by atoms with E-state index in [0.717, 1.165) is 16.8 Å². The van der Waals surface area contributed by atoms with Gasteiger partial charge in [0.25, 0.3) is 5.69 Å². The summed E-state index contributed by atoms with van der Waals surface area (Å²) in [7, 11) is 0. The first-order valence-corrected chi connectivity index (χ1v) is 7.96. The van der Waals surface area contributed by atoms with Crippen LogP contribution in [-0.4, -0.2) is 16.3 Å². The number of hydrogen-bond acceptors (Lipinski definition) is 4. The molecule has 0 aromatic heterocycles. The number of thiocarbonyl (C=S) groups is 1. The van der Waals surface area contributed by atoms with Gasteiger partial charge in [-0.1, -0.05) is 30.3 Å². The van der Waals surface area contributed by atoms with Gasteiger partial charge in [0, 0.05) is 18.0 Å². The van der Waals surface area contributed by atoms with Crippen LogP contribution < -0.4 is 10.7 Å². The lowest BCUT2D eigenvalue weighted by atomic mass is 10.1. The van der Waals surface area contributed by atoms with Gasteiger partial charge in [-0.05, 0) is 55.4 Å². The van der Waals surface area contributed by atoms with Crippen LogP contribution in [0.4, 0.5) is 11.4 Å². The second-order valence-corrected chi connectivity index (χ2v) is 5.69. The molecular formula is C18H18N4O2S. The Morgan fingerprint density at radius 3 is 2.52 bits per heavy atom. The van der Waals surface area contributed by atoms with Crippen LogP contribution in [0.3, 0.4) is 0 Å². The molecule has 0 spiro atoms. The van der Waals surface area contributed by atoms with E-state index in [1.807, 2.05) is 32.0 Å². The van der Waals surface area contributed by atoms with Gasteiger partial charge in [-0.15, -0.1) is 0 Å². The highest BCUT2D eigenvalue weighted by Gasteiger charge is 2.08. The average Bonchev–Trinajstić information content (AvgIpc) is 2.58. The summed E-state index contributed by atoms with van der Waals surface area (Å²) in [5.74, 6) is 0. The van der Waals surface area contributed by atoms with Crippen molar-refractivity contribution in [2.24, 2.45) is 5.10 Å². The minimum atomic E-state index is -0.418. The second kappa shape index (κ2) is 8.70. The van der Waals surface area contributed by atoms with E-state index in [2.05, 4.69) is 15.8 Å². The number of nitro groups is 1. The van der Waals surface area contributed by atoms with Crippen molar-refractivity contribution >= 4 is 41.0 Å². The quantitative estimate of drug-likeness (QED) is 0.364. The highest BCUT2D eigenvalue weighted by atomic mass is 32.1. The van der Waals surface area contributed by atoms with Gasteiger partial charge in [-0.25, -0.2) is 0 Å². The molecule has 6 nitrogen and oxygen atoms in total. The average molecular weight is 354 g/mol. The van der Waals surface area contributed by atoms with Crippen LogP contribution >= 0.6 is 12.2 Å². The highest BCUT2D eigenvalue weighted by Crippen LogP contribution is 2.19. The van der Waals surface area contributed by atoms with Crippen LogP contribution in [0.15, 0.2) is 53.6 Å². The number of nitrogens with one attached hydrogen (secondary N) is 2. The monoisotopic (exact) mass is 354 g/mol. The maximum Gasteiger partial charge on any atom is 0.276 e. The maximum absolute atomic E-state index is 10.9. The van der Waals surface area contributed by atoms with Gasteiger partial charge < -0.3 is 5.32 Å². The van der Waals surface area contributed by atoms with Gasteiger partial charge in [0.15, 0.2) is 5.11 Å². The fourth-order valence-corrected chi connectivity index (χ4v) is 2.39. The molecule has 0 heterocycles. The Morgan fingerprint density at radius 1 is 1.16 bits per heavy atom. The highest BCUT2D eigenvalue weighted by molar-refractivity contribution is 7.80. The van der Waals surface area contributed by atoms with Crippen molar-refractivity contribution in [2.45, 2.75) is 13.8 Å². The van der Waals surface area contributed by atoms with Crippen molar-refractivity contribution in [3.8, 4) is 0 Å². The number of para-hydroxylation sites is 2. The molecule has 0 atom stereocenters. The summed E-state index contributed by atoms with van der Waals surface area (Å²) in [5, 5.41) is 18.4. The van der Waals surface area contributed by atoms with E-state index in [9.17, 15) is 10.1 Å². The third-order valence-electron chi connectivity index (χ3n) is 3.46. The Hall–Kier alpha value is -3.06. The Balaban J connectivity index is 1.93. The molecule has 0 radical (unpaired) electrons. The van der Waals surface area contributed by atoms with Gasteiger partial charge in [0.05, 0.1) is 10.5 Å².